The molecule has 4 aromatic rings. The van der Waals surface area contributed by atoms with Crippen molar-refractivity contribution in [3.63, 3.8) is 0 Å². The first kappa shape index (κ1) is 26.7. The second kappa shape index (κ2) is 11.0. The van der Waals surface area contributed by atoms with Gasteiger partial charge in [-0.2, -0.15) is 0 Å². The maximum absolute atomic E-state index is 12.4. The Balaban J connectivity index is 1.34. The van der Waals surface area contributed by atoms with Gasteiger partial charge in [0.25, 0.3) is 0 Å². The topological polar surface area (TPSA) is 96.3 Å². The third-order valence-corrected chi connectivity index (χ3v) is 7.75. The lowest BCUT2D eigenvalue weighted by atomic mass is 9.90. The number of benzene rings is 2. The van der Waals surface area contributed by atoms with Gasteiger partial charge >= 0.3 is 6.09 Å². The van der Waals surface area contributed by atoms with Gasteiger partial charge in [-0.05, 0) is 68.4 Å². The van der Waals surface area contributed by atoms with Crippen molar-refractivity contribution in [2.45, 2.75) is 72.1 Å². The molecule has 206 valence electrons. The molecule has 0 bridgehead atoms. The molecule has 3 N–H and O–H groups in total. The van der Waals surface area contributed by atoms with Crippen LogP contribution in [0.5, 0.6) is 5.75 Å². The van der Waals surface area contributed by atoms with Gasteiger partial charge in [0.1, 0.15) is 11.9 Å². The van der Waals surface area contributed by atoms with Crippen LogP contribution in [0.15, 0.2) is 61.2 Å². The Kier molecular flexibility index (Phi) is 7.55. The number of anilines is 2. The Bertz CT molecular complexity index is 1410. The molecule has 1 fully saturated rings. The van der Waals surface area contributed by atoms with E-state index in [9.17, 15) is 4.79 Å². The lowest BCUT2D eigenvalue weighted by Crippen LogP contribution is -2.30. The lowest BCUT2D eigenvalue weighted by Gasteiger charge is -2.30. The van der Waals surface area contributed by atoms with Crippen molar-refractivity contribution in [2.75, 3.05) is 17.7 Å². The highest BCUT2D eigenvalue weighted by Crippen LogP contribution is 2.45. The molecular weight excluding hydrogens is 490 g/mol. The highest BCUT2D eigenvalue weighted by molar-refractivity contribution is 6.02. The number of fused-ring (bicyclic) bond motifs is 1. The van der Waals surface area contributed by atoms with Crippen LogP contribution < -0.4 is 15.8 Å². The summed E-state index contributed by atoms with van der Waals surface area (Å²) in [4.78, 5) is 16.5. The Morgan fingerprint density at radius 2 is 1.95 bits per heavy atom. The number of amides is 1. The molecule has 2 heterocycles. The maximum Gasteiger partial charge on any atom is 0.411 e. The maximum atomic E-state index is 12.4. The average Bonchev–Trinajstić information content (AvgIpc) is 3.48. The first-order valence-electron chi connectivity index (χ1n) is 13.8. The zero-order valence-electron chi connectivity index (χ0n) is 23.3. The Morgan fingerprint density at radius 1 is 1.18 bits per heavy atom. The SMILES string of the molecule is CC(OC(=O)Nc1ccc(-c2c(N)c3cc(OCCCn4ccnc4)ccc3n2C2CCC2)cc1)C(C)(C)C. The molecule has 1 amide bonds. The van der Waals surface area contributed by atoms with Crippen molar-refractivity contribution >= 4 is 28.4 Å². The number of nitrogens with two attached hydrogens (primary N) is 1. The van der Waals surface area contributed by atoms with Gasteiger partial charge in [0, 0.05) is 41.6 Å². The fraction of sp³-hybridized carbons (Fsp3) is 0.419. The number of carbonyl (C=O) groups excluding carboxylic acids is 1. The smallest absolute Gasteiger partial charge is 0.411 e. The molecule has 8 nitrogen and oxygen atoms in total. The number of aryl methyl sites for hydroxylation is 1. The number of hydrogen-bond acceptors (Lipinski definition) is 5. The zero-order chi connectivity index (χ0) is 27.6. The summed E-state index contributed by atoms with van der Waals surface area (Å²) >= 11 is 0. The summed E-state index contributed by atoms with van der Waals surface area (Å²) in [6.45, 7) is 9.52. The normalized spacial score (nSPS) is 14.7. The number of imidazole rings is 1. The second-order valence-corrected chi connectivity index (χ2v) is 11.5. The van der Waals surface area contributed by atoms with Crippen molar-refractivity contribution in [3.05, 3.63) is 61.2 Å². The molecular formula is C31H39N5O3. The summed E-state index contributed by atoms with van der Waals surface area (Å²) in [6, 6.07) is 14.5. The monoisotopic (exact) mass is 529 g/mol. The Hall–Kier alpha value is -3.94. The molecule has 39 heavy (non-hydrogen) atoms. The number of carbonyl (C=O) groups is 1. The van der Waals surface area contributed by atoms with Gasteiger partial charge < -0.3 is 24.3 Å². The summed E-state index contributed by atoms with van der Waals surface area (Å²) in [5, 5.41) is 3.85. The quantitative estimate of drug-likeness (QED) is 0.222. The molecule has 0 radical (unpaired) electrons. The average molecular weight is 530 g/mol. The van der Waals surface area contributed by atoms with Crippen LogP contribution in [0.2, 0.25) is 0 Å². The van der Waals surface area contributed by atoms with Crippen LogP contribution in [-0.4, -0.2) is 32.9 Å². The Labute approximate surface area is 230 Å². The van der Waals surface area contributed by atoms with Crippen molar-refractivity contribution < 1.29 is 14.3 Å². The molecule has 2 aromatic carbocycles. The van der Waals surface area contributed by atoms with Gasteiger partial charge in [0.15, 0.2) is 0 Å². The molecule has 1 unspecified atom stereocenters. The predicted molar refractivity (Wildman–Crippen MR) is 156 cm³/mol. The van der Waals surface area contributed by atoms with E-state index in [4.69, 9.17) is 15.2 Å². The zero-order valence-corrected chi connectivity index (χ0v) is 23.3. The van der Waals surface area contributed by atoms with Crippen molar-refractivity contribution in [1.29, 1.82) is 0 Å². The summed E-state index contributed by atoms with van der Waals surface area (Å²) in [5.74, 6) is 0.819. The van der Waals surface area contributed by atoms with E-state index in [0.717, 1.165) is 59.4 Å². The van der Waals surface area contributed by atoms with Gasteiger partial charge in [-0.25, -0.2) is 9.78 Å². The largest absolute Gasteiger partial charge is 0.494 e. The number of ether oxygens (including phenoxy) is 2. The van der Waals surface area contributed by atoms with Gasteiger partial charge in [0.05, 0.1) is 29.8 Å². The minimum Gasteiger partial charge on any atom is -0.494 e. The number of nitrogens with one attached hydrogen (secondary N) is 1. The van der Waals surface area contributed by atoms with Crippen LogP contribution in [0.1, 0.15) is 59.4 Å². The van der Waals surface area contributed by atoms with E-state index in [1.54, 1.807) is 6.20 Å². The number of hydrogen-bond donors (Lipinski definition) is 2. The summed E-state index contributed by atoms with van der Waals surface area (Å²) in [6.07, 6.45) is 9.29. The van der Waals surface area contributed by atoms with E-state index in [1.807, 2.05) is 75.1 Å². The lowest BCUT2D eigenvalue weighted by molar-refractivity contribution is 0.0528. The van der Waals surface area contributed by atoms with Crippen LogP contribution in [-0.2, 0) is 11.3 Å². The molecule has 1 aliphatic rings. The van der Waals surface area contributed by atoms with Gasteiger partial charge in [-0.3, -0.25) is 5.32 Å². The third kappa shape index (κ3) is 5.90. The Morgan fingerprint density at radius 3 is 2.59 bits per heavy atom. The molecule has 1 aliphatic carbocycles. The standard InChI is InChI=1S/C31H39N5O3/c1-21(31(2,3)4)39-30(37)34-23-11-9-22(10-12-23)29-28(32)26-19-25(38-18-6-16-35-17-15-33-20-35)13-14-27(26)36(29)24-7-5-8-24/h9-15,17,19-21,24H,5-8,16,18,32H2,1-4H3,(H,34,37). The van der Waals surface area contributed by atoms with Gasteiger partial charge in [0.2, 0.25) is 0 Å². The van der Waals surface area contributed by atoms with Crippen LogP contribution in [0.4, 0.5) is 16.2 Å². The van der Waals surface area contributed by atoms with E-state index in [1.165, 1.54) is 6.42 Å². The number of aromatic nitrogens is 3. The first-order chi connectivity index (χ1) is 18.7. The van der Waals surface area contributed by atoms with Crippen LogP contribution in [0, 0.1) is 5.41 Å². The summed E-state index contributed by atoms with van der Waals surface area (Å²) < 4.78 is 16.0. The highest BCUT2D eigenvalue weighted by Gasteiger charge is 2.27. The van der Waals surface area contributed by atoms with Crippen molar-refractivity contribution in [1.82, 2.24) is 14.1 Å². The molecule has 0 aliphatic heterocycles. The molecule has 0 spiro atoms. The fourth-order valence-corrected chi connectivity index (χ4v) is 4.78. The van der Waals surface area contributed by atoms with Crippen molar-refractivity contribution in [3.8, 4) is 17.0 Å². The molecule has 2 aromatic heterocycles. The third-order valence-electron chi connectivity index (χ3n) is 7.75. The van der Waals surface area contributed by atoms with E-state index in [0.29, 0.717) is 18.3 Å². The summed E-state index contributed by atoms with van der Waals surface area (Å²) in [7, 11) is 0. The van der Waals surface area contributed by atoms with Crippen LogP contribution in [0.25, 0.3) is 22.2 Å². The van der Waals surface area contributed by atoms with Crippen LogP contribution >= 0.6 is 0 Å². The molecule has 0 saturated heterocycles. The number of rotatable bonds is 9. The molecule has 8 heteroatoms. The molecule has 1 saturated carbocycles. The van der Waals surface area contributed by atoms with E-state index < -0.39 is 6.09 Å². The van der Waals surface area contributed by atoms with E-state index in [2.05, 4.69) is 27.0 Å². The second-order valence-electron chi connectivity index (χ2n) is 11.5. The minimum absolute atomic E-state index is 0.126. The molecule has 5 rings (SSSR count). The van der Waals surface area contributed by atoms with E-state index >= 15 is 0 Å². The molecule has 1 atom stereocenters. The minimum atomic E-state index is -0.453. The predicted octanol–water partition coefficient (Wildman–Crippen LogP) is 7.26. The van der Waals surface area contributed by atoms with E-state index in [-0.39, 0.29) is 11.5 Å². The number of nitrogens with zero attached hydrogens (tertiary/aromatic N) is 3. The highest BCUT2D eigenvalue weighted by atomic mass is 16.6. The first-order valence-corrected chi connectivity index (χ1v) is 13.8. The van der Waals surface area contributed by atoms with Gasteiger partial charge in [-0.15, -0.1) is 0 Å². The fourth-order valence-electron chi connectivity index (χ4n) is 4.78. The van der Waals surface area contributed by atoms with Crippen molar-refractivity contribution in [2.24, 2.45) is 5.41 Å². The number of nitrogen functional groups attached to an aromatic ring is 1. The van der Waals surface area contributed by atoms with Gasteiger partial charge in [-0.1, -0.05) is 32.9 Å². The van der Waals surface area contributed by atoms with Crippen LogP contribution in [0.3, 0.4) is 0 Å². The summed E-state index contributed by atoms with van der Waals surface area (Å²) in [5.41, 5.74) is 11.3.